The topological polar surface area (TPSA) is 50.1 Å². The molecule has 0 bridgehead atoms. The Morgan fingerprint density at radius 2 is 2.29 bits per heavy atom. The minimum Gasteiger partial charge on any atom is -0.394 e. The van der Waals surface area contributed by atoms with Crippen LogP contribution in [0.5, 0.6) is 0 Å². The highest BCUT2D eigenvalue weighted by Crippen LogP contribution is 2.24. The van der Waals surface area contributed by atoms with Gasteiger partial charge < -0.3 is 15.0 Å². The van der Waals surface area contributed by atoms with Crippen LogP contribution in [0.1, 0.15) is 45.4 Å². The molecule has 1 unspecified atom stereocenters. The van der Waals surface area contributed by atoms with E-state index in [1.54, 1.807) is 0 Å². The summed E-state index contributed by atoms with van der Waals surface area (Å²) in [5.74, 6) is 1.50. The summed E-state index contributed by atoms with van der Waals surface area (Å²) in [7, 11) is 0. The minimum atomic E-state index is -0.245. The highest BCUT2D eigenvalue weighted by molar-refractivity contribution is 5.01. The lowest BCUT2D eigenvalue weighted by atomic mass is 10.0. The first-order chi connectivity index (χ1) is 8.04. The van der Waals surface area contributed by atoms with Crippen molar-refractivity contribution >= 4 is 0 Å². The van der Waals surface area contributed by atoms with E-state index in [4.69, 9.17) is 0 Å². The lowest BCUT2D eigenvalue weighted by Crippen LogP contribution is -2.50. The van der Waals surface area contributed by atoms with E-state index in [-0.39, 0.29) is 12.1 Å². The summed E-state index contributed by atoms with van der Waals surface area (Å²) in [5, 5.41) is 13.1. The summed E-state index contributed by atoms with van der Waals surface area (Å²) in [6, 6.07) is 0.596. The summed E-state index contributed by atoms with van der Waals surface area (Å²) < 4.78 is 2.15. The third-order valence-corrected chi connectivity index (χ3v) is 3.26. The molecule has 2 rings (SSSR count). The Hall–Kier alpha value is -0.870. The molecular weight excluding hydrogens is 214 g/mol. The molecule has 1 heterocycles. The van der Waals surface area contributed by atoms with Gasteiger partial charge in [-0.25, -0.2) is 4.98 Å². The van der Waals surface area contributed by atoms with Gasteiger partial charge in [0.15, 0.2) is 0 Å². The van der Waals surface area contributed by atoms with Gasteiger partial charge in [0.2, 0.25) is 0 Å². The van der Waals surface area contributed by atoms with Crippen LogP contribution in [0.25, 0.3) is 0 Å². The first kappa shape index (κ1) is 12.6. The van der Waals surface area contributed by atoms with Crippen molar-refractivity contribution < 1.29 is 5.11 Å². The number of nitrogens with one attached hydrogen (secondary N) is 1. The fourth-order valence-corrected chi connectivity index (χ4v) is 2.19. The Balaban J connectivity index is 2.08. The van der Waals surface area contributed by atoms with Crippen molar-refractivity contribution in [2.24, 2.45) is 0 Å². The number of aliphatic hydroxyl groups excluding tert-OH is 1. The van der Waals surface area contributed by atoms with Gasteiger partial charge in [-0.05, 0) is 19.8 Å². The van der Waals surface area contributed by atoms with Crippen molar-refractivity contribution in [3.63, 3.8) is 0 Å². The number of hydrogen-bond donors (Lipinski definition) is 2. The molecule has 4 nitrogen and oxygen atoms in total. The van der Waals surface area contributed by atoms with Crippen LogP contribution in [0.3, 0.4) is 0 Å². The monoisotopic (exact) mass is 237 g/mol. The molecule has 1 saturated carbocycles. The number of aliphatic hydroxyl groups is 1. The van der Waals surface area contributed by atoms with Crippen molar-refractivity contribution in [2.75, 3.05) is 6.61 Å². The molecule has 1 aromatic rings. The second-order valence-electron chi connectivity index (χ2n) is 5.71. The van der Waals surface area contributed by atoms with Gasteiger partial charge in [0.05, 0.1) is 12.1 Å². The van der Waals surface area contributed by atoms with Crippen molar-refractivity contribution in [3.05, 3.63) is 18.2 Å². The van der Waals surface area contributed by atoms with E-state index in [2.05, 4.69) is 35.6 Å². The lowest BCUT2D eigenvalue weighted by Gasteiger charge is -2.30. The summed E-state index contributed by atoms with van der Waals surface area (Å²) in [4.78, 5) is 4.38. The summed E-state index contributed by atoms with van der Waals surface area (Å²) in [6.45, 7) is 7.29. The van der Waals surface area contributed by atoms with Crippen LogP contribution in [0.4, 0.5) is 0 Å². The maximum absolute atomic E-state index is 9.59. The van der Waals surface area contributed by atoms with Crippen LogP contribution in [-0.2, 0) is 6.54 Å². The van der Waals surface area contributed by atoms with Gasteiger partial charge >= 0.3 is 0 Å². The first-order valence-electron chi connectivity index (χ1n) is 6.44. The standard InChI is InChI=1S/C13H23N3O/c1-10(2)12-14-6-7-16(12)8-13(3,9-17)15-11-4-5-11/h6-7,10-11,15,17H,4-5,8-9H2,1-3H3. The smallest absolute Gasteiger partial charge is 0.111 e. The molecule has 4 heteroatoms. The molecule has 1 atom stereocenters. The molecule has 2 N–H and O–H groups in total. The van der Waals surface area contributed by atoms with Gasteiger partial charge in [0, 0.05) is 30.9 Å². The Morgan fingerprint density at radius 3 is 2.82 bits per heavy atom. The Morgan fingerprint density at radius 1 is 1.59 bits per heavy atom. The highest BCUT2D eigenvalue weighted by atomic mass is 16.3. The van der Waals surface area contributed by atoms with Crippen molar-refractivity contribution in [3.8, 4) is 0 Å². The number of hydrogen-bond acceptors (Lipinski definition) is 3. The van der Waals surface area contributed by atoms with Crippen LogP contribution >= 0.6 is 0 Å². The van der Waals surface area contributed by atoms with Crippen LogP contribution in [0, 0.1) is 0 Å². The third-order valence-electron chi connectivity index (χ3n) is 3.26. The Kier molecular flexibility index (Phi) is 3.54. The van der Waals surface area contributed by atoms with Gasteiger partial charge in [-0.15, -0.1) is 0 Å². The zero-order valence-electron chi connectivity index (χ0n) is 11.0. The summed E-state index contributed by atoms with van der Waals surface area (Å²) in [6.07, 6.45) is 6.30. The van der Waals surface area contributed by atoms with Crippen molar-refractivity contribution in [2.45, 2.75) is 57.7 Å². The predicted molar refractivity (Wildman–Crippen MR) is 68.0 cm³/mol. The van der Waals surface area contributed by atoms with E-state index in [1.807, 2.05) is 12.4 Å². The average molecular weight is 237 g/mol. The van der Waals surface area contributed by atoms with Crippen molar-refractivity contribution in [1.82, 2.24) is 14.9 Å². The fraction of sp³-hybridized carbons (Fsp3) is 0.769. The molecule has 0 spiro atoms. The zero-order chi connectivity index (χ0) is 12.5. The number of imidazole rings is 1. The average Bonchev–Trinajstić information content (AvgIpc) is 2.94. The SMILES string of the molecule is CC(C)c1nccn1CC(C)(CO)NC1CC1. The van der Waals surface area contributed by atoms with Gasteiger partial charge in [0.1, 0.15) is 5.82 Å². The molecule has 0 amide bonds. The second-order valence-corrected chi connectivity index (χ2v) is 5.71. The first-order valence-corrected chi connectivity index (χ1v) is 6.44. The molecule has 0 aliphatic heterocycles. The summed E-state index contributed by atoms with van der Waals surface area (Å²) in [5.41, 5.74) is -0.245. The van der Waals surface area contributed by atoms with Gasteiger partial charge in [0.25, 0.3) is 0 Å². The minimum absolute atomic E-state index is 0.152. The van der Waals surface area contributed by atoms with Crippen LogP contribution < -0.4 is 5.32 Å². The predicted octanol–water partition coefficient (Wildman–Crippen LogP) is 1.51. The maximum atomic E-state index is 9.59. The van der Waals surface area contributed by atoms with E-state index < -0.39 is 0 Å². The third kappa shape index (κ3) is 3.07. The lowest BCUT2D eigenvalue weighted by molar-refractivity contribution is 0.154. The maximum Gasteiger partial charge on any atom is 0.111 e. The fourth-order valence-electron chi connectivity index (χ4n) is 2.19. The van der Waals surface area contributed by atoms with E-state index in [1.165, 1.54) is 12.8 Å². The van der Waals surface area contributed by atoms with E-state index in [0.717, 1.165) is 12.4 Å². The van der Waals surface area contributed by atoms with E-state index >= 15 is 0 Å². The molecular formula is C13H23N3O. The molecule has 96 valence electrons. The van der Waals surface area contributed by atoms with Crippen LogP contribution in [0.2, 0.25) is 0 Å². The van der Waals surface area contributed by atoms with E-state index in [9.17, 15) is 5.11 Å². The van der Waals surface area contributed by atoms with Crippen molar-refractivity contribution in [1.29, 1.82) is 0 Å². The molecule has 17 heavy (non-hydrogen) atoms. The van der Waals surface area contributed by atoms with Gasteiger partial charge in [-0.2, -0.15) is 0 Å². The molecule has 1 aromatic heterocycles. The molecule has 1 aliphatic carbocycles. The largest absolute Gasteiger partial charge is 0.394 e. The molecule has 1 fully saturated rings. The van der Waals surface area contributed by atoms with Crippen LogP contribution in [-0.4, -0.2) is 32.8 Å². The molecule has 0 saturated heterocycles. The number of nitrogens with zero attached hydrogens (tertiary/aromatic N) is 2. The number of rotatable bonds is 6. The van der Waals surface area contributed by atoms with Gasteiger partial charge in [-0.1, -0.05) is 13.8 Å². The van der Waals surface area contributed by atoms with E-state index in [0.29, 0.717) is 12.0 Å². The molecule has 0 aromatic carbocycles. The van der Waals surface area contributed by atoms with Crippen LogP contribution in [0.15, 0.2) is 12.4 Å². The Labute approximate surface area is 103 Å². The zero-order valence-corrected chi connectivity index (χ0v) is 11.0. The quantitative estimate of drug-likeness (QED) is 0.788. The summed E-state index contributed by atoms with van der Waals surface area (Å²) >= 11 is 0. The Bertz CT molecular complexity index is 370. The normalized spacial score (nSPS) is 19.6. The second kappa shape index (κ2) is 4.78. The highest BCUT2D eigenvalue weighted by Gasteiger charge is 2.32. The number of aromatic nitrogens is 2. The molecule has 0 radical (unpaired) electrons. The van der Waals surface area contributed by atoms with Gasteiger partial charge in [-0.3, -0.25) is 0 Å². The molecule has 1 aliphatic rings.